The standard InChI is InChI=1S/C11H18O4/c1-9(7-10(12)13-2)8-15-11-5-3-4-6-14-11/h7,11H,3-6,8H2,1-2H3/b9-7-. The fourth-order valence-electron chi connectivity index (χ4n) is 1.37. The summed E-state index contributed by atoms with van der Waals surface area (Å²) in [5.41, 5.74) is 0.844. The molecule has 0 saturated carbocycles. The molecule has 1 heterocycles. The van der Waals surface area contributed by atoms with Gasteiger partial charge in [0.05, 0.1) is 13.7 Å². The van der Waals surface area contributed by atoms with Crippen LogP contribution in [0.15, 0.2) is 11.6 Å². The smallest absolute Gasteiger partial charge is 0.330 e. The van der Waals surface area contributed by atoms with E-state index >= 15 is 0 Å². The van der Waals surface area contributed by atoms with Crippen molar-refractivity contribution >= 4 is 5.97 Å². The fraction of sp³-hybridized carbons (Fsp3) is 0.727. The normalized spacial score (nSPS) is 22.5. The molecule has 0 amide bonds. The van der Waals surface area contributed by atoms with Crippen molar-refractivity contribution < 1.29 is 19.0 Å². The first-order valence-corrected chi connectivity index (χ1v) is 5.20. The van der Waals surface area contributed by atoms with Crippen LogP contribution in [-0.2, 0) is 19.0 Å². The van der Waals surface area contributed by atoms with Gasteiger partial charge in [-0.25, -0.2) is 4.79 Å². The van der Waals surface area contributed by atoms with Crippen molar-refractivity contribution in [2.24, 2.45) is 0 Å². The Morgan fingerprint density at radius 3 is 2.93 bits per heavy atom. The summed E-state index contributed by atoms with van der Waals surface area (Å²) in [6.45, 7) is 3.02. The molecule has 0 bridgehead atoms. The first kappa shape index (κ1) is 12.2. The van der Waals surface area contributed by atoms with E-state index in [1.807, 2.05) is 6.92 Å². The van der Waals surface area contributed by atoms with Gasteiger partial charge in [0.2, 0.25) is 0 Å². The van der Waals surface area contributed by atoms with E-state index in [0.717, 1.165) is 31.4 Å². The number of hydrogen-bond donors (Lipinski definition) is 0. The third-order valence-electron chi connectivity index (χ3n) is 2.20. The van der Waals surface area contributed by atoms with Gasteiger partial charge in [-0.2, -0.15) is 0 Å². The maximum atomic E-state index is 10.9. The molecule has 0 aromatic carbocycles. The molecule has 0 aromatic rings. The monoisotopic (exact) mass is 214 g/mol. The molecule has 0 N–H and O–H groups in total. The van der Waals surface area contributed by atoms with Crippen LogP contribution in [0, 0.1) is 0 Å². The first-order valence-electron chi connectivity index (χ1n) is 5.20. The summed E-state index contributed by atoms with van der Waals surface area (Å²) in [6.07, 6.45) is 4.51. The highest BCUT2D eigenvalue weighted by molar-refractivity contribution is 5.82. The Balaban J connectivity index is 2.23. The van der Waals surface area contributed by atoms with Crippen LogP contribution < -0.4 is 0 Å². The largest absolute Gasteiger partial charge is 0.466 e. The molecule has 1 aliphatic rings. The molecule has 0 aliphatic carbocycles. The van der Waals surface area contributed by atoms with E-state index in [0.29, 0.717) is 6.61 Å². The minimum absolute atomic E-state index is 0.111. The van der Waals surface area contributed by atoms with Crippen LogP contribution in [0.4, 0.5) is 0 Å². The van der Waals surface area contributed by atoms with E-state index in [-0.39, 0.29) is 12.3 Å². The van der Waals surface area contributed by atoms with Crippen molar-refractivity contribution in [3.8, 4) is 0 Å². The molecule has 4 heteroatoms. The van der Waals surface area contributed by atoms with Crippen LogP contribution in [0.1, 0.15) is 26.2 Å². The molecule has 0 aromatic heterocycles. The Kier molecular flexibility index (Phi) is 5.36. The molecular weight excluding hydrogens is 196 g/mol. The molecule has 1 atom stereocenters. The van der Waals surface area contributed by atoms with Gasteiger partial charge in [0.1, 0.15) is 0 Å². The summed E-state index contributed by atoms with van der Waals surface area (Å²) < 4.78 is 15.4. The minimum Gasteiger partial charge on any atom is -0.466 e. The molecule has 1 saturated heterocycles. The highest BCUT2D eigenvalue weighted by Gasteiger charge is 2.13. The molecule has 0 radical (unpaired) electrons. The van der Waals surface area contributed by atoms with Gasteiger partial charge < -0.3 is 14.2 Å². The maximum absolute atomic E-state index is 10.9. The topological polar surface area (TPSA) is 44.8 Å². The van der Waals surface area contributed by atoms with Crippen LogP contribution in [0.3, 0.4) is 0 Å². The van der Waals surface area contributed by atoms with E-state index in [2.05, 4.69) is 4.74 Å². The maximum Gasteiger partial charge on any atom is 0.330 e. The van der Waals surface area contributed by atoms with Gasteiger partial charge in [-0.1, -0.05) is 0 Å². The van der Waals surface area contributed by atoms with E-state index in [4.69, 9.17) is 9.47 Å². The molecule has 1 aliphatic heterocycles. The third-order valence-corrected chi connectivity index (χ3v) is 2.20. The summed E-state index contributed by atoms with van der Waals surface area (Å²) in [5.74, 6) is -0.347. The Morgan fingerprint density at radius 1 is 1.53 bits per heavy atom. The van der Waals surface area contributed by atoms with E-state index in [9.17, 15) is 4.79 Å². The molecule has 0 spiro atoms. The van der Waals surface area contributed by atoms with E-state index < -0.39 is 0 Å². The van der Waals surface area contributed by atoms with E-state index in [1.54, 1.807) is 0 Å². The van der Waals surface area contributed by atoms with Gasteiger partial charge in [0, 0.05) is 12.7 Å². The van der Waals surface area contributed by atoms with Gasteiger partial charge in [0.15, 0.2) is 6.29 Å². The van der Waals surface area contributed by atoms with Crippen molar-refractivity contribution in [1.29, 1.82) is 0 Å². The minimum atomic E-state index is -0.347. The average molecular weight is 214 g/mol. The van der Waals surface area contributed by atoms with Gasteiger partial charge in [-0.05, 0) is 31.8 Å². The quantitative estimate of drug-likeness (QED) is 0.527. The summed E-state index contributed by atoms with van der Waals surface area (Å²) in [5, 5.41) is 0. The number of rotatable bonds is 4. The Hall–Kier alpha value is -0.870. The van der Waals surface area contributed by atoms with Gasteiger partial charge in [-0.15, -0.1) is 0 Å². The van der Waals surface area contributed by atoms with E-state index in [1.165, 1.54) is 13.2 Å². The lowest BCUT2D eigenvalue weighted by Crippen LogP contribution is -2.23. The highest BCUT2D eigenvalue weighted by Crippen LogP contribution is 2.14. The van der Waals surface area contributed by atoms with Crippen LogP contribution in [0.5, 0.6) is 0 Å². The van der Waals surface area contributed by atoms with Gasteiger partial charge >= 0.3 is 5.97 Å². The SMILES string of the molecule is COC(=O)/C=C(/C)COC1CCCCO1. The van der Waals surface area contributed by atoms with Crippen molar-refractivity contribution in [3.63, 3.8) is 0 Å². The number of ether oxygens (including phenoxy) is 3. The van der Waals surface area contributed by atoms with Gasteiger partial charge in [0.25, 0.3) is 0 Å². The molecule has 1 rings (SSSR count). The molecular formula is C11H18O4. The summed E-state index contributed by atoms with van der Waals surface area (Å²) in [6, 6.07) is 0. The second-order valence-corrected chi connectivity index (χ2v) is 3.62. The lowest BCUT2D eigenvalue weighted by molar-refractivity contribution is -0.157. The summed E-state index contributed by atoms with van der Waals surface area (Å²) in [7, 11) is 1.36. The zero-order valence-corrected chi connectivity index (χ0v) is 9.32. The van der Waals surface area contributed by atoms with Crippen molar-refractivity contribution in [2.45, 2.75) is 32.5 Å². The molecule has 86 valence electrons. The second kappa shape index (κ2) is 6.58. The predicted molar refractivity (Wildman–Crippen MR) is 55.3 cm³/mol. The number of hydrogen-bond acceptors (Lipinski definition) is 4. The number of carbonyl (C=O) groups excluding carboxylic acids is 1. The lowest BCUT2D eigenvalue weighted by atomic mass is 10.2. The lowest BCUT2D eigenvalue weighted by Gasteiger charge is -2.22. The molecule has 15 heavy (non-hydrogen) atoms. The number of esters is 1. The first-order chi connectivity index (χ1) is 7.22. The summed E-state index contributed by atoms with van der Waals surface area (Å²) in [4.78, 5) is 10.9. The van der Waals surface area contributed by atoms with Crippen molar-refractivity contribution in [2.75, 3.05) is 20.3 Å². The predicted octanol–water partition coefficient (Wildman–Crippen LogP) is 1.65. The summed E-state index contributed by atoms with van der Waals surface area (Å²) >= 11 is 0. The zero-order chi connectivity index (χ0) is 11.1. The van der Waals surface area contributed by atoms with Crippen LogP contribution in [0.2, 0.25) is 0 Å². The third kappa shape index (κ3) is 4.95. The second-order valence-electron chi connectivity index (χ2n) is 3.62. The Morgan fingerprint density at radius 2 is 2.33 bits per heavy atom. The van der Waals surface area contributed by atoms with Crippen LogP contribution in [-0.4, -0.2) is 32.6 Å². The van der Waals surface area contributed by atoms with Crippen molar-refractivity contribution in [3.05, 3.63) is 11.6 Å². The highest BCUT2D eigenvalue weighted by atomic mass is 16.7. The molecule has 1 fully saturated rings. The average Bonchev–Trinajstić information content (AvgIpc) is 2.27. The Labute approximate surface area is 90.2 Å². The number of methoxy groups -OCH3 is 1. The van der Waals surface area contributed by atoms with Gasteiger partial charge in [-0.3, -0.25) is 0 Å². The Bertz CT molecular complexity index is 229. The zero-order valence-electron chi connectivity index (χ0n) is 9.32. The fourth-order valence-corrected chi connectivity index (χ4v) is 1.37. The van der Waals surface area contributed by atoms with Crippen LogP contribution >= 0.6 is 0 Å². The van der Waals surface area contributed by atoms with Crippen molar-refractivity contribution in [1.82, 2.24) is 0 Å². The molecule has 1 unspecified atom stereocenters. The molecule has 4 nitrogen and oxygen atoms in total. The number of carbonyl (C=O) groups is 1. The van der Waals surface area contributed by atoms with Crippen LogP contribution in [0.25, 0.3) is 0 Å².